The summed E-state index contributed by atoms with van der Waals surface area (Å²) in [6, 6.07) is 1.37. The van der Waals surface area contributed by atoms with Gasteiger partial charge in [0.1, 0.15) is 17.6 Å². The smallest absolute Gasteiger partial charge is 0.366 e. The molecular weight excluding hydrogens is 233 g/mol. The number of nitrogens with zero attached hydrogens (tertiary/aromatic N) is 2. The van der Waals surface area contributed by atoms with E-state index in [4.69, 9.17) is 11.6 Å². The normalized spacial score (nSPS) is 11.8. The number of rotatable bonds is 3. The van der Waals surface area contributed by atoms with Crippen molar-refractivity contribution < 1.29 is 17.9 Å². The van der Waals surface area contributed by atoms with Crippen molar-refractivity contribution in [2.24, 2.45) is 0 Å². The van der Waals surface area contributed by atoms with Gasteiger partial charge in [-0.1, -0.05) is 11.6 Å². The molecule has 0 radical (unpaired) electrons. The monoisotopic (exact) mass is 240 g/mol. The minimum Gasteiger partial charge on any atom is -0.366 e. The fraction of sp³-hybridized carbons (Fsp3) is 0.500. The topological polar surface area (TPSA) is 35.0 Å². The molecule has 0 fully saturated rings. The van der Waals surface area contributed by atoms with E-state index in [0.29, 0.717) is 11.5 Å². The van der Waals surface area contributed by atoms with Gasteiger partial charge in [-0.15, -0.1) is 0 Å². The van der Waals surface area contributed by atoms with Crippen LogP contribution >= 0.6 is 11.6 Å². The lowest BCUT2D eigenvalue weighted by Gasteiger charge is -2.07. The molecule has 0 atom stereocenters. The van der Waals surface area contributed by atoms with E-state index in [9.17, 15) is 13.2 Å². The molecular formula is C8H8ClF3N2O. The first-order valence-corrected chi connectivity index (χ1v) is 4.39. The van der Waals surface area contributed by atoms with Gasteiger partial charge in [-0.05, 0) is 13.0 Å². The van der Waals surface area contributed by atoms with Crippen molar-refractivity contribution >= 4 is 11.6 Å². The Kier molecular flexibility index (Phi) is 3.87. The van der Waals surface area contributed by atoms with Gasteiger partial charge in [0.15, 0.2) is 0 Å². The Hall–Kier alpha value is -0.880. The Labute approximate surface area is 89.2 Å². The van der Waals surface area contributed by atoms with Crippen LogP contribution in [0.2, 0.25) is 5.15 Å². The van der Waals surface area contributed by atoms with Crippen molar-refractivity contribution in [3.8, 4) is 0 Å². The van der Waals surface area contributed by atoms with Crippen LogP contribution in [0.15, 0.2) is 6.07 Å². The molecule has 1 heterocycles. The first-order valence-electron chi connectivity index (χ1n) is 4.01. The summed E-state index contributed by atoms with van der Waals surface area (Å²) >= 11 is 5.59. The van der Waals surface area contributed by atoms with E-state index in [1.807, 2.05) is 0 Å². The highest BCUT2D eigenvalue weighted by Gasteiger charge is 2.27. The molecule has 0 N–H and O–H groups in total. The van der Waals surface area contributed by atoms with Gasteiger partial charge in [0.2, 0.25) is 0 Å². The zero-order chi connectivity index (χ0) is 11.5. The Bertz CT molecular complexity index is 323. The van der Waals surface area contributed by atoms with Crippen LogP contribution in [-0.4, -0.2) is 22.8 Å². The molecule has 0 amide bonds. The molecule has 1 aromatic rings. The van der Waals surface area contributed by atoms with Crippen LogP contribution in [0.4, 0.5) is 13.2 Å². The lowest BCUT2D eigenvalue weighted by molar-refractivity contribution is -0.176. The van der Waals surface area contributed by atoms with Gasteiger partial charge in [-0.25, -0.2) is 9.97 Å². The molecule has 0 unspecified atom stereocenters. The van der Waals surface area contributed by atoms with Gasteiger partial charge in [0.05, 0.1) is 12.3 Å². The average Bonchev–Trinajstić information content (AvgIpc) is 1.99. The number of alkyl halides is 3. The quantitative estimate of drug-likeness (QED) is 0.762. The molecule has 84 valence electrons. The van der Waals surface area contributed by atoms with Crippen LogP contribution < -0.4 is 0 Å². The summed E-state index contributed by atoms with van der Waals surface area (Å²) in [5.74, 6) is 0.396. The van der Waals surface area contributed by atoms with Crippen molar-refractivity contribution in [2.45, 2.75) is 19.7 Å². The predicted molar refractivity (Wildman–Crippen MR) is 47.5 cm³/mol. The van der Waals surface area contributed by atoms with E-state index in [1.165, 1.54) is 6.07 Å². The summed E-state index contributed by atoms with van der Waals surface area (Å²) in [7, 11) is 0. The summed E-state index contributed by atoms with van der Waals surface area (Å²) in [5, 5.41) is 0.188. The van der Waals surface area contributed by atoms with Crippen LogP contribution in [0.3, 0.4) is 0 Å². The Morgan fingerprint density at radius 1 is 1.40 bits per heavy atom. The second-order valence-corrected chi connectivity index (χ2v) is 3.22. The molecule has 1 rings (SSSR count). The third-order valence-electron chi connectivity index (χ3n) is 1.38. The standard InChI is InChI=1S/C8H8ClF3N2O/c1-5-13-6(2-7(9)14-5)3-15-4-8(10,11)12/h2H,3-4H2,1H3. The molecule has 3 nitrogen and oxygen atoms in total. The van der Waals surface area contributed by atoms with Crippen LogP contribution in [0, 0.1) is 6.92 Å². The van der Waals surface area contributed by atoms with Gasteiger partial charge in [-0.3, -0.25) is 0 Å². The summed E-state index contributed by atoms with van der Waals surface area (Å²) in [4.78, 5) is 7.63. The van der Waals surface area contributed by atoms with Crippen LogP contribution in [0.5, 0.6) is 0 Å². The van der Waals surface area contributed by atoms with Gasteiger partial charge < -0.3 is 4.74 Å². The predicted octanol–water partition coefficient (Wildman–Crippen LogP) is 2.52. The minimum absolute atomic E-state index is 0.188. The van der Waals surface area contributed by atoms with E-state index in [0.717, 1.165) is 0 Å². The summed E-state index contributed by atoms with van der Waals surface area (Å²) in [6.45, 7) is 0.0649. The molecule has 0 bridgehead atoms. The van der Waals surface area contributed by atoms with Crippen molar-refractivity contribution in [3.05, 3.63) is 22.7 Å². The lowest BCUT2D eigenvalue weighted by atomic mass is 10.4. The molecule has 15 heavy (non-hydrogen) atoms. The summed E-state index contributed by atoms with van der Waals surface area (Å²) in [6.07, 6.45) is -4.33. The SMILES string of the molecule is Cc1nc(Cl)cc(COCC(F)(F)F)n1. The molecule has 0 aliphatic heterocycles. The molecule has 7 heteroatoms. The highest BCUT2D eigenvalue weighted by Crippen LogP contribution is 2.15. The number of hydrogen-bond acceptors (Lipinski definition) is 3. The number of aryl methyl sites for hydroxylation is 1. The Morgan fingerprint density at radius 2 is 2.07 bits per heavy atom. The number of aromatic nitrogens is 2. The van der Waals surface area contributed by atoms with Crippen molar-refractivity contribution in [1.82, 2.24) is 9.97 Å². The van der Waals surface area contributed by atoms with E-state index in [1.54, 1.807) is 6.92 Å². The molecule has 0 saturated carbocycles. The van der Waals surface area contributed by atoms with E-state index < -0.39 is 12.8 Å². The molecule has 0 spiro atoms. The van der Waals surface area contributed by atoms with Crippen molar-refractivity contribution in [2.75, 3.05) is 6.61 Å². The zero-order valence-corrected chi connectivity index (χ0v) is 8.56. The summed E-state index contributed by atoms with van der Waals surface area (Å²) in [5.41, 5.74) is 0.330. The molecule has 0 aromatic carbocycles. The summed E-state index contributed by atoms with van der Waals surface area (Å²) < 4.78 is 39.6. The first-order chi connectivity index (χ1) is 6.87. The second kappa shape index (κ2) is 4.76. The second-order valence-electron chi connectivity index (χ2n) is 2.84. The van der Waals surface area contributed by atoms with Crippen molar-refractivity contribution in [3.63, 3.8) is 0 Å². The van der Waals surface area contributed by atoms with Crippen LogP contribution in [0.1, 0.15) is 11.5 Å². The maximum Gasteiger partial charge on any atom is 0.411 e. The van der Waals surface area contributed by atoms with Gasteiger partial charge >= 0.3 is 6.18 Å². The fourth-order valence-electron chi connectivity index (χ4n) is 0.935. The van der Waals surface area contributed by atoms with E-state index in [-0.39, 0.29) is 11.8 Å². The maximum absolute atomic E-state index is 11.7. The maximum atomic E-state index is 11.7. The molecule has 0 aliphatic carbocycles. The van der Waals surface area contributed by atoms with E-state index >= 15 is 0 Å². The number of hydrogen-bond donors (Lipinski definition) is 0. The third-order valence-corrected chi connectivity index (χ3v) is 1.57. The molecule has 0 saturated heterocycles. The van der Waals surface area contributed by atoms with Crippen LogP contribution in [-0.2, 0) is 11.3 Å². The Balaban J connectivity index is 2.51. The van der Waals surface area contributed by atoms with Gasteiger partial charge in [0, 0.05) is 0 Å². The average molecular weight is 241 g/mol. The number of ether oxygens (including phenoxy) is 1. The zero-order valence-electron chi connectivity index (χ0n) is 7.81. The highest BCUT2D eigenvalue weighted by atomic mass is 35.5. The first kappa shape index (κ1) is 12.2. The molecule has 0 aliphatic rings. The Morgan fingerprint density at radius 3 is 2.60 bits per heavy atom. The fourth-order valence-corrected chi connectivity index (χ4v) is 1.18. The minimum atomic E-state index is -4.33. The third kappa shape index (κ3) is 4.94. The van der Waals surface area contributed by atoms with E-state index in [2.05, 4.69) is 14.7 Å². The molecule has 1 aromatic heterocycles. The van der Waals surface area contributed by atoms with Crippen molar-refractivity contribution in [1.29, 1.82) is 0 Å². The van der Waals surface area contributed by atoms with Gasteiger partial charge in [0.25, 0.3) is 0 Å². The lowest BCUT2D eigenvalue weighted by Crippen LogP contribution is -2.17. The number of halogens is 4. The highest BCUT2D eigenvalue weighted by molar-refractivity contribution is 6.29. The van der Waals surface area contributed by atoms with Gasteiger partial charge in [-0.2, -0.15) is 13.2 Å². The van der Waals surface area contributed by atoms with Crippen LogP contribution in [0.25, 0.3) is 0 Å². The largest absolute Gasteiger partial charge is 0.411 e.